The lowest BCUT2D eigenvalue weighted by Gasteiger charge is -2.10. The van der Waals surface area contributed by atoms with E-state index >= 15 is 0 Å². The first-order chi connectivity index (χ1) is 6.73. The highest BCUT2D eigenvalue weighted by Gasteiger charge is 2.37. The summed E-state index contributed by atoms with van der Waals surface area (Å²) >= 11 is 5.14. The summed E-state index contributed by atoms with van der Waals surface area (Å²) in [5, 5.41) is 7.45. The molecule has 0 saturated carbocycles. The number of alkyl halides is 3. The molecule has 1 aromatic carbocycles. The van der Waals surface area contributed by atoms with Crippen LogP contribution in [0.5, 0.6) is 0 Å². The lowest BCUT2D eigenvalue weighted by atomic mass is 10.1. The number of carboxylic acids is 1. The van der Waals surface area contributed by atoms with Gasteiger partial charge in [0.15, 0.2) is 0 Å². The fourth-order valence-electron chi connectivity index (χ4n) is 0.967. The average Bonchev–Trinajstić information content (AvgIpc) is 1.99. The molecule has 0 saturated heterocycles. The molecule has 7 heteroatoms. The zero-order chi connectivity index (χ0) is 11.8. The summed E-state index contributed by atoms with van der Waals surface area (Å²) in [7, 11) is 0. The second kappa shape index (κ2) is 3.69. The SMILES string of the molecule is O=C(O)c1cc(F)c(C(F)(F)F)c(Cl)c1. The van der Waals surface area contributed by atoms with Crippen LogP contribution in [0, 0.1) is 5.82 Å². The van der Waals surface area contributed by atoms with E-state index < -0.39 is 34.1 Å². The second-order valence-electron chi connectivity index (χ2n) is 2.62. The monoisotopic (exact) mass is 242 g/mol. The van der Waals surface area contributed by atoms with E-state index in [1.54, 1.807) is 0 Å². The number of carboxylic acid groups (broad SMARTS) is 1. The molecule has 0 aromatic heterocycles. The molecule has 0 amide bonds. The minimum atomic E-state index is -4.95. The Hall–Kier alpha value is -1.30. The summed E-state index contributed by atoms with van der Waals surface area (Å²) in [4.78, 5) is 10.4. The van der Waals surface area contributed by atoms with Crippen molar-refractivity contribution in [3.05, 3.63) is 34.1 Å². The van der Waals surface area contributed by atoms with Crippen molar-refractivity contribution in [3.63, 3.8) is 0 Å². The second-order valence-corrected chi connectivity index (χ2v) is 3.03. The van der Waals surface area contributed by atoms with E-state index in [0.717, 1.165) is 0 Å². The summed E-state index contributed by atoms with van der Waals surface area (Å²) in [5.74, 6) is -3.25. The molecule has 0 bridgehead atoms. The van der Waals surface area contributed by atoms with Gasteiger partial charge in [0, 0.05) is 0 Å². The van der Waals surface area contributed by atoms with E-state index in [0.29, 0.717) is 6.07 Å². The highest BCUT2D eigenvalue weighted by molar-refractivity contribution is 6.31. The molecule has 0 aliphatic heterocycles. The third-order valence-corrected chi connectivity index (χ3v) is 1.87. The number of benzene rings is 1. The van der Waals surface area contributed by atoms with E-state index in [1.807, 2.05) is 0 Å². The molecule has 82 valence electrons. The van der Waals surface area contributed by atoms with Crippen LogP contribution in [0.1, 0.15) is 15.9 Å². The molecular weight excluding hydrogens is 240 g/mol. The maximum absolute atomic E-state index is 12.9. The van der Waals surface area contributed by atoms with E-state index in [4.69, 9.17) is 16.7 Å². The van der Waals surface area contributed by atoms with Crippen LogP contribution in [0.2, 0.25) is 5.02 Å². The summed E-state index contributed by atoms with van der Waals surface area (Å²) in [6.07, 6.45) is -4.95. The van der Waals surface area contributed by atoms with Gasteiger partial charge in [0.25, 0.3) is 0 Å². The maximum atomic E-state index is 12.9. The van der Waals surface area contributed by atoms with Crippen molar-refractivity contribution in [2.75, 3.05) is 0 Å². The zero-order valence-corrected chi connectivity index (χ0v) is 7.66. The number of rotatable bonds is 1. The standard InChI is InChI=1S/C8H3ClF4O2/c9-4-1-3(7(14)15)2-5(10)6(4)8(11,12)13/h1-2H,(H,14,15). The molecule has 0 fully saturated rings. The van der Waals surface area contributed by atoms with Gasteiger partial charge in [0.1, 0.15) is 11.4 Å². The van der Waals surface area contributed by atoms with E-state index in [1.165, 1.54) is 0 Å². The lowest BCUT2D eigenvalue weighted by molar-refractivity contribution is -0.139. The van der Waals surface area contributed by atoms with Crippen LogP contribution >= 0.6 is 11.6 Å². The van der Waals surface area contributed by atoms with Crippen LogP contribution in [0.15, 0.2) is 12.1 Å². The van der Waals surface area contributed by atoms with Crippen molar-refractivity contribution in [2.45, 2.75) is 6.18 Å². The topological polar surface area (TPSA) is 37.3 Å². The molecule has 1 rings (SSSR count). The van der Waals surface area contributed by atoms with E-state index in [-0.39, 0.29) is 6.07 Å². The third-order valence-electron chi connectivity index (χ3n) is 1.57. The first-order valence-electron chi connectivity index (χ1n) is 3.53. The number of hydrogen-bond donors (Lipinski definition) is 1. The predicted molar refractivity (Wildman–Crippen MR) is 43.4 cm³/mol. The fraction of sp³-hybridized carbons (Fsp3) is 0.125. The van der Waals surface area contributed by atoms with Crippen molar-refractivity contribution >= 4 is 17.6 Å². The molecule has 2 nitrogen and oxygen atoms in total. The van der Waals surface area contributed by atoms with Crippen LogP contribution in [0.25, 0.3) is 0 Å². The Labute approximate surface area is 86.1 Å². The van der Waals surface area contributed by atoms with Crippen LogP contribution in [-0.4, -0.2) is 11.1 Å². The van der Waals surface area contributed by atoms with Crippen LogP contribution in [-0.2, 0) is 6.18 Å². The van der Waals surface area contributed by atoms with Crippen molar-refractivity contribution < 1.29 is 27.5 Å². The number of aromatic carboxylic acids is 1. The molecule has 0 aliphatic rings. The Morgan fingerprint density at radius 1 is 1.33 bits per heavy atom. The molecule has 0 unspecified atom stereocenters. The Morgan fingerprint density at radius 3 is 2.20 bits per heavy atom. The van der Waals surface area contributed by atoms with Gasteiger partial charge in [-0.15, -0.1) is 0 Å². The average molecular weight is 243 g/mol. The van der Waals surface area contributed by atoms with Crippen LogP contribution in [0.4, 0.5) is 17.6 Å². The van der Waals surface area contributed by atoms with Crippen molar-refractivity contribution in [1.29, 1.82) is 0 Å². The van der Waals surface area contributed by atoms with Gasteiger partial charge in [-0.3, -0.25) is 0 Å². The van der Waals surface area contributed by atoms with Gasteiger partial charge >= 0.3 is 12.1 Å². The highest BCUT2D eigenvalue weighted by Crippen LogP contribution is 2.37. The predicted octanol–water partition coefficient (Wildman–Crippen LogP) is 3.20. The van der Waals surface area contributed by atoms with Crippen LogP contribution < -0.4 is 0 Å². The van der Waals surface area contributed by atoms with E-state index in [2.05, 4.69) is 0 Å². The van der Waals surface area contributed by atoms with Gasteiger partial charge in [-0.05, 0) is 12.1 Å². The van der Waals surface area contributed by atoms with Crippen molar-refractivity contribution in [3.8, 4) is 0 Å². The van der Waals surface area contributed by atoms with Crippen molar-refractivity contribution in [2.24, 2.45) is 0 Å². The summed E-state index contributed by atoms with van der Waals surface area (Å²) < 4.78 is 49.4. The Balaban J connectivity index is 3.41. The summed E-state index contributed by atoms with van der Waals surface area (Å²) in [5.41, 5.74) is -2.29. The maximum Gasteiger partial charge on any atom is 0.420 e. The van der Waals surface area contributed by atoms with Gasteiger partial charge < -0.3 is 5.11 Å². The van der Waals surface area contributed by atoms with E-state index in [9.17, 15) is 22.4 Å². The third kappa shape index (κ3) is 2.38. The number of halogens is 5. The van der Waals surface area contributed by atoms with Gasteiger partial charge in [0.2, 0.25) is 0 Å². The molecule has 0 atom stereocenters. The quantitative estimate of drug-likeness (QED) is 0.768. The molecule has 0 spiro atoms. The Morgan fingerprint density at radius 2 is 1.87 bits per heavy atom. The minimum absolute atomic E-state index is 0.275. The highest BCUT2D eigenvalue weighted by atomic mass is 35.5. The molecule has 0 aliphatic carbocycles. The molecule has 0 heterocycles. The zero-order valence-electron chi connectivity index (χ0n) is 6.90. The number of carbonyl (C=O) groups is 1. The molecule has 1 N–H and O–H groups in total. The Kier molecular flexibility index (Phi) is 2.90. The molecule has 0 radical (unpaired) electrons. The molecule has 15 heavy (non-hydrogen) atoms. The molecular formula is C8H3ClF4O2. The van der Waals surface area contributed by atoms with Crippen molar-refractivity contribution in [1.82, 2.24) is 0 Å². The fourth-order valence-corrected chi connectivity index (χ4v) is 1.28. The minimum Gasteiger partial charge on any atom is -0.478 e. The number of hydrogen-bond acceptors (Lipinski definition) is 1. The van der Waals surface area contributed by atoms with Crippen LogP contribution in [0.3, 0.4) is 0 Å². The lowest BCUT2D eigenvalue weighted by Crippen LogP contribution is -2.11. The summed E-state index contributed by atoms with van der Waals surface area (Å²) in [6, 6.07) is 0.826. The van der Waals surface area contributed by atoms with Gasteiger partial charge in [0.05, 0.1) is 10.6 Å². The molecule has 1 aromatic rings. The summed E-state index contributed by atoms with van der Waals surface area (Å²) in [6.45, 7) is 0. The smallest absolute Gasteiger partial charge is 0.420 e. The first-order valence-corrected chi connectivity index (χ1v) is 3.91. The normalized spacial score (nSPS) is 11.5. The first kappa shape index (κ1) is 11.8. The van der Waals surface area contributed by atoms with Gasteiger partial charge in [-0.1, -0.05) is 11.6 Å². The Bertz CT molecular complexity index is 391. The van der Waals surface area contributed by atoms with Gasteiger partial charge in [-0.2, -0.15) is 13.2 Å². The van der Waals surface area contributed by atoms with Gasteiger partial charge in [-0.25, -0.2) is 9.18 Å². The largest absolute Gasteiger partial charge is 0.478 e.